The van der Waals surface area contributed by atoms with Crippen molar-refractivity contribution >= 4 is 0 Å². The van der Waals surface area contributed by atoms with Gasteiger partial charge in [-0.15, -0.1) is 0 Å². The van der Waals surface area contributed by atoms with Crippen molar-refractivity contribution in [2.45, 2.75) is 50.9 Å². The first kappa shape index (κ1) is 16.8. The van der Waals surface area contributed by atoms with Crippen molar-refractivity contribution < 1.29 is 0 Å². The fourth-order valence-electron chi connectivity index (χ4n) is 5.94. The number of aryl methyl sites for hydroxylation is 2. The Morgan fingerprint density at radius 3 is 1.85 bits per heavy atom. The van der Waals surface area contributed by atoms with Gasteiger partial charge < -0.3 is 0 Å². The van der Waals surface area contributed by atoms with Gasteiger partial charge in [-0.3, -0.25) is 0 Å². The van der Waals surface area contributed by atoms with Gasteiger partial charge in [0, 0.05) is 5.41 Å². The summed E-state index contributed by atoms with van der Waals surface area (Å²) < 4.78 is 0. The van der Waals surface area contributed by atoms with Crippen molar-refractivity contribution in [2.75, 3.05) is 0 Å². The highest BCUT2D eigenvalue weighted by atomic mass is 14.6. The molecule has 1 saturated carbocycles. The van der Waals surface area contributed by atoms with E-state index in [4.69, 9.17) is 0 Å². The van der Waals surface area contributed by atoms with E-state index in [2.05, 4.69) is 86.6 Å². The zero-order chi connectivity index (χ0) is 18.4. The number of hydrogen-bond acceptors (Lipinski definition) is 0. The molecular formula is C27H28. The van der Waals surface area contributed by atoms with Gasteiger partial charge in [-0.05, 0) is 60.8 Å². The summed E-state index contributed by atoms with van der Waals surface area (Å²) in [5.74, 6) is 1.35. The lowest BCUT2D eigenvalue weighted by Crippen LogP contribution is -2.37. The molecule has 2 unspecified atom stereocenters. The van der Waals surface area contributed by atoms with Crippen molar-refractivity contribution in [2.24, 2.45) is 5.92 Å². The first-order valence-corrected chi connectivity index (χ1v) is 10.4. The van der Waals surface area contributed by atoms with Crippen LogP contribution in [-0.2, 0) is 5.41 Å². The minimum atomic E-state index is -0.0108. The van der Waals surface area contributed by atoms with Crippen molar-refractivity contribution in [3.05, 3.63) is 106 Å². The third-order valence-corrected chi connectivity index (χ3v) is 7.12. The van der Waals surface area contributed by atoms with E-state index in [1.807, 2.05) is 0 Å². The molecule has 0 bridgehead atoms. The molecule has 2 atom stereocenters. The van der Waals surface area contributed by atoms with Crippen LogP contribution in [0.4, 0.5) is 0 Å². The smallest absolute Gasteiger partial charge is 0.0488 e. The molecule has 0 aliphatic heterocycles. The van der Waals surface area contributed by atoms with Gasteiger partial charge in [0.2, 0.25) is 0 Å². The summed E-state index contributed by atoms with van der Waals surface area (Å²) >= 11 is 0. The topological polar surface area (TPSA) is 0 Å². The summed E-state index contributed by atoms with van der Waals surface area (Å²) in [6.07, 6.45) is 5.38. The first-order valence-electron chi connectivity index (χ1n) is 10.4. The van der Waals surface area contributed by atoms with E-state index in [0.29, 0.717) is 11.8 Å². The molecule has 0 radical (unpaired) electrons. The van der Waals surface area contributed by atoms with Crippen LogP contribution in [0.3, 0.4) is 0 Å². The Labute approximate surface area is 163 Å². The van der Waals surface area contributed by atoms with E-state index in [0.717, 1.165) is 0 Å². The monoisotopic (exact) mass is 352 g/mol. The highest BCUT2D eigenvalue weighted by Crippen LogP contribution is 2.61. The van der Waals surface area contributed by atoms with Gasteiger partial charge >= 0.3 is 0 Å². The molecule has 27 heavy (non-hydrogen) atoms. The third kappa shape index (κ3) is 2.42. The Kier molecular flexibility index (Phi) is 3.97. The number of rotatable bonds is 2. The molecule has 136 valence electrons. The predicted molar refractivity (Wildman–Crippen MR) is 113 cm³/mol. The van der Waals surface area contributed by atoms with Crippen molar-refractivity contribution in [3.63, 3.8) is 0 Å². The maximum Gasteiger partial charge on any atom is 0.0488 e. The Balaban J connectivity index is 1.84. The van der Waals surface area contributed by atoms with Gasteiger partial charge in [0.25, 0.3) is 0 Å². The van der Waals surface area contributed by atoms with Crippen LogP contribution in [0, 0.1) is 19.8 Å². The second-order valence-electron chi connectivity index (χ2n) is 8.62. The average Bonchev–Trinajstić information content (AvgIpc) is 3.01. The normalized spacial score (nSPS) is 22.9. The van der Waals surface area contributed by atoms with E-state index in [1.54, 1.807) is 11.1 Å². The Bertz CT molecular complexity index is 901. The molecule has 2 aliphatic carbocycles. The van der Waals surface area contributed by atoms with Crippen LogP contribution in [0.15, 0.2) is 72.8 Å². The maximum absolute atomic E-state index is 2.41. The molecule has 0 heteroatoms. The van der Waals surface area contributed by atoms with Crippen LogP contribution in [0.25, 0.3) is 0 Å². The van der Waals surface area contributed by atoms with Crippen molar-refractivity contribution in [3.8, 4) is 0 Å². The summed E-state index contributed by atoms with van der Waals surface area (Å²) in [4.78, 5) is 0. The zero-order valence-electron chi connectivity index (χ0n) is 16.4. The Morgan fingerprint density at radius 2 is 1.22 bits per heavy atom. The summed E-state index contributed by atoms with van der Waals surface area (Å²) in [5, 5.41) is 0. The van der Waals surface area contributed by atoms with Crippen LogP contribution in [-0.4, -0.2) is 0 Å². The molecule has 0 aromatic heterocycles. The lowest BCUT2D eigenvalue weighted by Gasteiger charge is -2.42. The second kappa shape index (κ2) is 6.37. The zero-order valence-corrected chi connectivity index (χ0v) is 16.4. The molecule has 0 spiro atoms. The Hall–Kier alpha value is -2.34. The van der Waals surface area contributed by atoms with E-state index in [1.165, 1.54) is 47.9 Å². The largest absolute Gasteiger partial charge is 0.0620 e. The summed E-state index contributed by atoms with van der Waals surface area (Å²) in [6, 6.07) is 28.0. The van der Waals surface area contributed by atoms with Crippen LogP contribution in [0.5, 0.6) is 0 Å². The summed E-state index contributed by atoms with van der Waals surface area (Å²) in [5.41, 5.74) is 8.76. The molecule has 0 nitrogen and oxygen atoms in total. The number of fused-ring (bicyclic) bond motifs is 3. The molecule has 1 fully saturated rings. The predicted octanol–water partition coefficient (Wildman–Crippen LogP) is 6.93. The van der Waals surface area contributed by atoms with Gasteiger partial charge in [0.05, 0.1) is 0 Å². The minimum absolute atomic E-state index is 0.0108. The maximum atomic E-state index is 2.41. The van der Waals surface area contributed by atoms with E-state index in [-0.39, 0.29) is 5.41 Å². The second-order valence-corrected chi connectivity index (χ2v) is 8.62. The lowest BCUT2D eigenvalue weighted by molar-refractivity contribution is 0.262. The van der Waals surface area contributed by atoms with E-state index < -0.39 is 0 Å². The summed E-state index contributed by atoms with van der Waals surface area (Å²) in [6.45, 7) is 4.38. The van der Waals surface area contributed by atoms with Crippen LogP contribution < -0.4 is 0 Å². The van der Waals surface area contributed by atoms with E-state index >= 15 is 0 Å². The molecule has 5 rings (SSSR count). The average molecular weight is 353 g/mol. The minimum Gasteiger partial charge on any atom is -0.0620 e. The Morgan fingerprint density at radius 1 is 0.667 bits per heavy atom. The van der Waals surface area contributed by atoms with Gasteiger partial charge in [-0.1, -0.05) is 96.8 Å². The quantitative estimate of drug-likeness (QED) is 0.469. The standard InChI is InChI=1S/C27H28/c1-19-11-15-21(16-12-19)27(22-17-13-20(2)14-18-22)25-9-5-3-7-23(25)24-8-4-6-10-26(24)27/h3,5,7,9,11-18,24,26H,4,6,8,10H2,1-2H3. The first-order chi connectivity index (χ1) is 13.2. The molecule has 2 aliphatic rings. The lowest BCUT2D eigenvalue weighted by atomic mass is 9.61. The van der Waals surface area contributed by atoms with Gasteiger partial charge in [-0.2, -0.15) is 0 Å². The molecule has 0 heterocycles. The summed E-state index contributed by atoms with van der Waals surface area (Å²) in [7, 11) is 0. The van der Waals surface area contributed by atoms with Gasteiger partial charge in [-0.25, -0.2) is 0 Å². The van der Waals surface area contributed by atoms with Crippen LogP contribution >= 0.6 is 0 Å². The molecule has 3 aromatic rings. The van der Waals surface area contributed by atoms with Crippen LogP contribution in [0.2, 0.25) is 0 Å². The highest BCUT2D eigenvalue weighted by Gasteiger charge is 2.54. The third-order valence-electron chi connectivity index (χ3n) is 7.12. The van der Waals surface area contributed by atoms with Gasteiger partial charge in [0.1, 0.15) is 0 Å². The van der Waals surface area contributed by atoms with Crippen LogP contribution in [0.1, 0.15) is 65.0 Å². The number of hydrogen-bond donors (Lipinski definition) is 0. The fourth-order valence-corrected chi connectivity index (χ4v) is 5.94. The highest BCUT2D eigenvalue weighted by molar-refractivity contribution is 5.60. The number of benzene rings is 3. The van der Waals surface area contributed by atoms with E-state index in [9.17, 15) is 0 Å². The fraction of sp³-hybridized carbons (Fsp3) is 0.333. The molecule has 0 amide bonds. The SMILES string of the molecule is Cc1ccc(C2(c3ccc(C)cc3)c3ccccc3C3CCCCC32)cc1. The van der Waals surface area contributed by atoms with Crippen molar-refractivity contribution in [1.82, 2.24) is 0 Å². The van der Waals surface area contributed by atoms with Crippen molar-refractivity contribution in [1.29, 1.82) is 0 Å². The molecule has 3 aromatic carbocycles. The van der Waals surface area contributed by atoms with Gasteiger partial charge in [0.15, 0.2) is 0 Å². The molecule has 0 saturated heterocycles. The molecule has 0 N–H and O–H groups in total. The molecular weight excluding hydrogens is 324 g/mol.